The minimum absolute atomic E-state index is 0.335. The van der Waals surface area contributed by atoms with Crippen LogP contribution in [-0.4, -0.2) is 57.8 Å². The molecule has 0 bridgehead atoms. The molecular weight excluding hydrogens is 266 g/mol. The van der Waals surface area contributed by atoms with E-state index in [-0.39, 0.29) is 0 Å². The van der Waals surface area contributed by atoms with Gasteiger partial charge in [0.15, 0.2) is 0 Å². The van der Waals surface area contributed by atoms with Gasteiger partial charge in [-0.1, -0.05) is 12.1 Å². The van der Waals surface area contributed by atoms with Gasteiger partial charge in [-0.2, -0.15) is 0 Å². The molecule has 1 aliphatic carbocycles. The zero-order valence-corrected chi connectivity index (χ0v) is 13.2. The molecule has 6 heteroatoms. The van der Waals surface area contributed by atoms with E-state index in [1.165, 1.54) is 12.8 Å². The Balaban J connectivity index is 1.46. The van der Waals surface area contributed by atoms with E-state index >= 15 is 0 Å². The number of nitrogens with one attached hydrogen (secondary N) is 1. The molecule has 3 rings (SSSR count). The quantitative estimate of drug-likeness (QED) is 0.814. The van der Waals surface area contributed by atoms with Crippen LogP contribution in [0.25, 0.3) is 0 Å². The van der Waals surface area contributed by atoms with Crippen molar-refractivity contribution in [1.82, 2.24) is 25.2 Å². The van der Waals surface area contributed by atoms with E-state index < -0.39 is 0 Å². The summed E-state index contributed by atoms with van der Waals surface area (Å²) < 4.78 is 7.71. The first-order chi connectivity index (χ1) is 10.2. The molecule has 2 atom stereocenters. The normalized spacial score (nSPS) is 27.1. The molecule has 0 amide bonds. The van der Waals surface area contributed by atoms with Crippen molar-refractivity contribution >= 4 is 0 Å². The predicted octanol–water partition coefficient (Wildman–Crippen LogP) is 1.03. The fraction of sp³-hybridized carbons (Fsp3) is 0.867. The molecule has 1 aromatic heterocycles. The highest BCUT2D eigenvalue weighted by atomic mass is 16.5. The van der Waals surface area contributed by atoms with E-state index in [1.807, 2.05) is 4.68 Å². The summed E-state index contributed by atoms with van der Waals surface area (Å²) in [5.74, 6) is 0. The lowest BCUT2D eigenvalue weighted by molar-refractivity contribution is -0.0569. The lowest BCUT2D eigenvalue weighted by Crippen LogP contribution is -2.49. The average molecular weight is 293 g/mol. The van der Waals surface area contributed by atoms with Crippen molar-refractivity contribution in [2.75, 3.05) is 19.7 Å². The summed E-state index contributed by atoms with van der Waals surface area (Å²) in [5, 5.41) is 11.9. The largest absolute Gasteiger partial charge is 0.376 e. The van der Waals surface area contributed by atoms with Crippen LogP contribution in [-0.2, 0) is 17.8 Å². The molecule has 118 valence electrons. The summed E-state index contributed by atoms with van der Waals surface area (Å²) in [6, 6.07) is 1.26. The zero-order chi connectivity index (χ0) is 14.7. The van der Waals surface area contributed by atoms with Gasteiger partial charge in [0.1, 0.15) is 0 Å². The number of hydrogen-bond acceptors (Lipinski definition) is 5. The number of hydrogen-bond donors (Lipinski definition) is 1. The molecule has 2 unspecified atom stereocenters. The first-order valence-electron chi connectivity index (χ1n) is 8.22. The van der Waals surface area contributed by atoms with Crippen molar-refractivity contribution in [3.63, 3.8) is 0 Å². The third kappa shape index (κ3) is 4.25. The second kappa shape index (κ2) is 6.85. The fourth-order valence-corrected chi connectivity index (χ4v) is 2.86. The molecule has 21 heavy (non-hydrogen) atoms. The van der Waals surface area contributed by atoms with Gasteiger partial charge < -0.3 is 10.1 Å². The van der Waals surface area contributed by atoms with Crippen molar-refractivity contribution in [2.45, 2.75) is 64.4 Å². The van der Waals surface area contributed by atoms with Crippen molar-refractivity contribution in [2.24, 2.45) is 0 Å². The smallest absolute Gasteiger partial charge is 0.0964 e. The average Bonchev–Trinajstić information content (AvgIpc) is 3.21. The number of morpholine rings is 1. The van der Waals surface area contributed by atoms with Crippen LogP contribution >= 0.6 is 0 Å². The fourth-order valence-electron chi connectivity index (χ4n) is 2.86. The van der Waals surface area contributed by atoms with Gasteiger partial charge in [-0.3, -0.25) is 9.58 Å². The SMILES string of the molecule is CCC1COC(C)CN1CCn1cc(CNC2CC2)nn1. The molecule has 2 fully saturated rings. The maximum Gasteiger partial charge on any atom is 0.0964 e. The van der Waals surface area contributed by atoms with Crippen LogP contribution in [0.3, 0.4) is 0 Å². The second-order valence-corrected chi connectivity index (χ2v) is 6.33. The molecule has 0 spiro atoms. The molecule has 2 aliphatic rings. The molecular formula is C15H27N5O. The number of ether oxygens (including phenoxy) is 1. The standard InChI is InChI=1S/C15H27N5O/c1-3-15-11-21-12(2)9-19(15)6-7-20-10-14(17-18-20)8-16-13-4-5-13/h10,12-13,15-16H,3-9,11H2,1-2H3. The Hall–Kier alpha value is -0.980. The summed E-state index contributed by atoms with van der Waals surface area (Å²) in [7, 11) is 0. The lowest BCUT2D eigenvalue weighted by atomic mass is 10.1. The zero-order valence-electron chi connectivity index (χ0n) is 13.2. The predicted molar refractivity (Wildman–Crippen MR) is 80.9 cm³/mol. The summed E-state index contributed by atoms with van der Waals surface area (Å²) in [6.07, 6.45) is 6.16. The number of aromatic nitrogens is 3. The molecule has 2 heterocycles. The maximum atomic E-state index is 5.74. The second-order valence-electron chi connectivity index (χ2n) is 6.33. The van der Waals surface area contributed by atoms with Crippen molar-refractivity contribution < 1.29 is 4.74 Å². The Morgan fingerprint density at radius 2 is 2.24 bits per heavy atom. The van der Waals surface area contributed by atoms with Crippen LogP contribution < -0.4 is 5.32 Å². The molecule has 0 aromatic carbocycles. The Bertz CT molecular complexity index is 445. The van der Waals surface area contributed by atoms with Gasteiger partial charge in [-0.25, -0.2) is 0 Å². The van der Waals surface area contributed by atoms with Gasteiger partial charge in [-0.05, 0) is 26.2 Å². The molecule has 0 radical (unpaired) electrons. The Labute approximate surface area is 126 Å². The first kappa shape index (κ1) is 14.9. The molecule has 1 aliphatic heterocycles. The molecule has 1 aromatic rings. The van der Waals surface area contributed by atoms with Crippen LogP contribution in [0.4, 0.5) is 0 Å². The number of rotatable bonds is 7. The van der Waals surface area contributed by atoms with Crippen LogP contribution in [0.5, 0.6) is 0 Å². The molecule has 1 N–H and O–H groups in total. The van der Waals surface area contributed by atoms with E-state index in [9.17, 15) is 0 Å². The molecule has 1 saturated carbocycles. The molecule has 1 saturated heterocycles. The van der Waals surface area contributed by atoms with Gasteiger partial charge in [0.25, 0.3) is 0 Å². The van der Waals surface area contributed by atoms with E-state index in [1.54, 1.807) is 0 Å². The molecule has 6 nitrogen and oxygen atoms in total. The maximum absolute atomic E-state index is 5.74. The topological polar surface area (TPSA) is 55.2 Å². The van der Waals surface area contributed by atoms with E-state index in [0.29, 0.717) is 12.1 Å². The highest BCUT2D eigenvalue weighted by Crippen LogP contribution is 2.19. The third-order valence-corrected chi connectivity index (χ3v) is 4.40. The highest BCUT2D eigenvalue weighted by Gasteiger charge is 2.25. The van der Waals surface area contributed by atoms with Crippen molar-refractivity contribution in [3.05, 3.63) is 11.9 Å². The van der Waals surface area contributed by atoms with E-state index in [4.69, 9.17) is 4.74 Å². The summed E-state index contributed by atoms with van der Waals surface area (Å²) >= 11 is 0. The lowest BCUT2D eigenvalue weighted by Gasteiger charge is -2.38. The Morgan fingerprint density at radius 3 is 3.00 bits per heavy atom. The third-order valence-electron chi connectivity index (χ3n) is 4.40. The van der Waals surface area contributed by atoms with Crippen LogP contribution in [0.1, 0.15) is 38.8 Å². The monoisotopic (exact) mass is 293 g/mol. The van der Waals surface area contributed by atoms with Crippen molar-refractivity contribution in [3.8, 4) is 0 Å². The van der Waals surface area contributed by atoms with Gasteiger partial charge in [-0.15, -0.1) is 5.10 Å². The summed E-state index contributed by atoms with van der Waals surface area (Å²) in [4.78, 5) is 2.53. The first-order valence-corrected chi connectivity index (χ1v) is 8.22. The van der Waals surface area contributed by atoms with Crippen LogP contribution in [0.15, 0.2) is 6.20 Å². The summed E-state index contributed by atoms with van der Waals surface area (Å²) in [6.45, 7) is 9.01. The van der Waals surface area contributed by atoms with E-state index in [2.05, 4.69) is 40.6 Å². The van der Waals surface area contributed by atoms with Crippen molar-refractivity contribution in [1.29, 1.82) is 0 Å². The van der Waals surface area contributed by atoms with Gasteiger partial charge in [0.05, 0.1) is 24.9 Å². The van der Waals surface area contributed by atoms with E-state index in [0.717, 1.165) is 50.9 Å². The minimum Gasteiger partial charge on any atom is -0.376 e. The number of nitrogens with zero attached hydrogens (tertiary/aromatic N) is 4. The summed E-state index contributed by atoms with van der Waals surface area (Å²) in [5.41, 5.74) is 1.05. The van der Waals surface area contributed by atoms with Gasteiger partial charge in [0, 0.05) is 37.9 Å². The Kier molecular flexibility index (Phi) is 4.87. The Morgan fingerprint density at radius 1 is 1.38 bits per heavy atom. The van der Waals surface area contributed by atoms with Crippen LogP contribution in [0, 0.1) is 0 Å². The van der Waals surface area contributed by atoms with Gasteiger partial charge >= 0.3 is 0 Å². The van der Waals surface area contributed by atoms with Gasteiger partial charge in [0.2, 0.25) is 0 Å². The van der Waals surface area contributed by atoms with Crippen LogP contribution in [0.2, 0.25) is 0 Å². The highest BCUT2D eigenvalue weighted by molar-refractivity contribution is 4.94. The minimum atomic E-state index is 0.335.